The second-order valence-corrected chi connectivity index (χ2v) is 7.94. The summed E-state index contributed by atoms with van der Waals surface area (Å²) in [6.07, 6.45) is 5.53. The third-order valence-electron chi connectivity index (χ3n) is 4.64. The maximum Gasteiger partial charge on any atom is 0.256 e. The first kappa shape index (κ1) is 22.0. The van der Waals surface area contributed by atoms with Crippen LogP contribution in [0.25, 0.3) is 5.95 Å². The van der Waals surface area contributed by atoms with Crippen LogP contribution >= 0.6 is 0 Å². The van der Waals surface area contributed by atoms with E-state index in [-0.39, 0.29) is 11.3 Å². The highest BCUT2D eigenvalue weighted by atomic mass is 16.5. The fraction of sp³-hybridized carbons (Fsp3) is 0.304. The summed E-state index contributed by atoms with van der Waals surface area (Å²) in [6.45, 7) is 9.92. The van der Waals surface area contributed by atoms with Gasteiger partial charge in [-0.15, -0.1) is 6.58 Å². The topological polar surface area (TPSA) is 91.2 Å². The van der Waals surface area contributed by atoms with Gasteiger partial charge in [0.2, 0.25) is 0 Å². The lowest BCUT2D eigenvalue weighted by Crippen LogP contribution is -2.17. The van der Waals surface area contributed by atoms with Gasteiger partial charge in [0.15, 0.2) is 11.5 Å². The number of aromatic nitrogens is 4. The van der Waals surface area contributed by atoms with Crippen molar-refractivity contribution in [1.29, 1.82) is 0 Å². The molecule has 0 atom stereocenters. The fourth-order valence-electron chi connectivity index (χ4n) is 3.06. The minimum atomic E-state index is -0.316. The molecule has 0 radical (unpaired) electrons. The smallest absolute Gasteiger partial charge is 0.256 e. The summed E-state index contributed by atoms with van der Waals surface area (Å²) in [5.41, 5.74) is 1.81. The van der Waals surface area contributed by atoms with Crippen LogP contribution in [0, 0.1) is 0 Å². The van der Waals surface area contributed by atoms with Crippen LogP contribution in [0.3, 0.4) is 0 Å². The predicted molar refractivity (Wildman–Crippen MR) is 119 cm³/mol. The molecule has 3 rings (SSSR count). The van der Waals surface area contributed by atoms with Crippen LogP contribution in [0.5, 0.6) is 11.5 Å². The third kappa shape index (κ3) is 4.74. The minimum absolute atomic E-state index is 0.222. The number of nitrogens with one attached hydrogen (secondary N) is 1. The average molecular weight is 422 g/mol. The quantitative estimate of drug-likeness (QED) is 0.581. The summed E-state index contributed by atoms with van der Waals surface area (Å²) < 4.78 is 12.4. The number of hydrogen-bond donors (Lipinski definition) is 1. The van der Waals surface area contributed by atoms with Gasteiger partial charge < -0.3 is 14.8 Å². The SMILES string of the molecule is C=CCc1cc(C(=O)Nc2cc(C(C)(C)C)nn2-c2ncccn2)cc(OC)c1OC. The van der Waals surface area contributed by atoms with Crippen molar-refractivity contribution in [3.63, 3.8) is 0 Å². The molecule has 0 spiro atoms. The monoisotopic (exact) mass is 421 g/mol. The molecule has 0 aliphatic carbocycles. The Balaban J connectivity index is 2.03. The van der Waals surface area contributed by atoms with Crippen LogP contribution in [0.1, 0.15) is 42.4 Å². The standard InChI is InChI=1S/C23H27N5O3/c1-7-9-15-12-16(13-17(30-5)20(15)31-6)21(29)26-19-14-18(23(2,3)4)27-28(19)22-24-10-8-11-25-22/h7-8,10-14H,1,9H2,2-6H3,(H,26,29). The van der Waals surface area contributed by atoms with E-state index in [1.165, 1.54) is 11.8 Å². The molecule has 8 nitrogen and oxygen atoms in total. The Morgan fingerprint density at radius 3 is 2.45 bits per heavy atom. The van der Waals surface area contributed by atoms with Crippen molar-refractivity contribution in [1.82, 2.24) is 19.7 Å². The second kappa shape index (κ2) is 8.99. The number of amides is 1. The van der Waals surface area contributed by atoms with E-state index >= 15 is 0 Å². The molecular formula is C23H27N5O3. The van der Waals surface area contributed by atoms with Gasteiger partial charge in [0.1, 0.15) is 5.82 Å². The summed E-state index contributed by atoms with van der Waals surface area (Å²) in [7, 11) is 3.10. The molecule has 0 aliphatic heterocycles. The minimum Gasteiger partial charge on any atom is -0.493 e. The number of anilines is 1. The lowest BCUT2D eigenvalue weighted by atomic mass is 9.92. The molecular weight excluding hydrogens is 394 g/mol. The second-order valence-electron chi connectivity index (χ2n) is 7.94. The molecule has 31 heavy (non-hydrogen) atoms. The van der Waals surface area contributed by atoms with E-state index in [4.69, 9.17) is 9.47 Å². The predicted octanol–water partition coefficient (Wildman–Crippen LogP) is 3.96. The lowest BCUT2D eigenvalue weighted by molar-refractivity contribution is 0.102. The van der Waals surface area contributed by atoms with Gasteiger partial charge in [0.25, 0.3) is 11.9 Å². The molecule has 1 aromatic carbocycles. The van der Waals surface area contributed by atoms with Gasteiger partial charge >= 0.3 is 0 Å². The summed E-state index contributed by atoms with van der Waals surface area (Å²) in [5.74, 6) is 1.58. The van der Waals surface area contributed by atoms with E-state index in [0.29, 0.717) is 35.2 Å². The Hall–Kier alpha value is -3.68. The number of methoxy groups -OCH3 is 2. The molecule has 0 aliphatic rings. The first-order valence-electron chi connectivity index (χ1n) is 9.83. The van der Waals surface area contributed by atoms with Gasteiger partial charge in [-0.2, -0.15) is 9.78 Å². The lowest BCUT2D eigenvalue weighted by Gasteiger charge is -2.14. The maximum atomic E-state index is 13.2. The summed E-state index contributed by atoms with van der Waals surface area (Å²) in [6, 6.07) is 6.97. The van der Waals surface area contributed by atoms with Crippen LogP contribution < -0.4 is 14.8 Å². The van der Waals surface area contributed by atoms with Crippen LogP contribution in [-0.2, 0) is 11.8 Å². The molecule has 2 heterocycles. The summed E-state index contributed by atoms with van der Waals surface area (Å²) in [5, 5.41) is 7.56. The normalized spacial score (nSPS) is 11.1. The molecule has 3 aromatic rings. The van der Waals surface area contributed by atoms with E-state index in [1.807, 2.05) is 26.8 Å². The zero-order valence-corrected chi connectivity index (χ0v) is 18.5. The van der Waals surface area contributed by atoms with E-state index < -0.39 is 0 Å². The van der Waals surface area contributed by atoms with Crippen molar-refractivity contribution >= 4 is 11.7 Å². The van der Waals surface area contributed by atoms with E-state index in [9.17, 15) is 4.79 Å². The van der Waals surface area contributed by atoms with Crippen LogP contribution in [0.2, 0.25) is 0 Å². The first-order valence-corrected chi connectivity index (χ1v) is 9.83. The average Bonchev–Trinajstić information content (AvgIpc) is 3.18. The number of carbonyl (C=O) groups excluding carboxylic acids is 1. The zero-order valence-electron chi connectivity index (χ0n) is 18.5. The summed E-state index contributed by atoms with van der Waals surface area (Å²) >= 11 is 0. The molecule has 0 bridgehead atoms. The zero-order chi connectivity index (χ0) is 22.6. The number of benzene rings is 1. The van der Waals surface area contributed by atoms with Crippen LogP contribution in [-0.4, -0.2) is 39.9 Å². The van der Waals surface area contributed by atoms with Crippen LogP contribution in [0.4, 0.5) is 5.82 Å². The largest absolute Gasteiger partial charge is 0.493 e. The fourth-order valence-corrected chi connectivity index (χ4v) is 3.06. The highest BCUT2D eigenvalue weighted by Crippen LogP contribution is 2.33. The highest BCUT2D eigenvalue weighted by Gasteiger charge is 2.23. The van der Waals surface area contributed by atoms with Gasteiger partial charge in [-0.05, 0) is 24.6 Å². The maximum absolute atomic E-state index is 13.2. The number of carbonyl (C=O) groups is 1. The molecule has 8 heteroatoms. The van der Waals surface area contributed by atoms with Gasteiger partial charge in [-0.3, -0.25) is 4.79 Å². The molecule has 0 saturated carbocycles. The number of ether oxygens (including phenoxy) is 2. The van der Waals surface area contributed by atoms with Crippen molar-refractivity contribution in [2.75, 3.05) is 19.5 Å². The van der Waals surface area contributed by atoms with E-state index in [0.717, 1.165) is 11.3 Å². The molecule has 0 unspecified atom stereocenters. The van der Waals surface area contributed by atoms with E-state index in [1.54, 1.807) is 43.8 Å². The van der Waals surface area contributed by atoms with Crippen LogP contribution in [0.15, 0.2) is 49.3 Å². The molecule has 0 saturated heterocycles. The van der Waals surface area contributed by atoms with Crippen molar-refractivity contribution < 1.29 is 14.3 Å². The summed E-state index contributed by atoms with van der Waals surface area (Å²) in [4.78, 5) is 21.7. The molecule has 1 amide bonds. The number of rotatable bonds is 7. The van der Waals surface area contributed by atoms with Gasteiger partial charge in [0.05, 0.1) is 19.9 Å². The van der Waals surface area contributed by atoms with Gasteiger partial charge in [0, 0.05) is 35.0 Å². The van der Waals surface area contributed by atoms with Gasteiger partial charge in [-0.1, -0.05) is 26.8 Å². The Kier molecular flexibility index (Phi) is 6.39. The Morgan fingerprint density at radius 1 is 1.16 bits per heavy atom. The molecule has 1 N–H and O–H groups in total. The Labute approximate surface area is 181 Å². The van der Waals surface area contributed by atoms with Crippen molar-refractivity contribution in [3.05, 3.63) is 66.1 Å². The van der Waals surface area contributed by atoms with Gasteiger partial charge in [-0.25, -0.2) is 9.97 Å². The number of allylic oxidation sites excluding steroid dienone is 1. The van der Waals surface area contributed by atoms with Crippen molar-refractivity contribution in [3.8, 4) is 17.4 Å². The molecule has 162 valence electrons. The van der Waals surface area contributed by atoms with Crippen molar-refractivity contribution in [2.24, 2.45) is 0 Å². The van der Waals surface area contributed by atoms with E-state index in [2.05, 4.69) is 27.0 Å². The Morgan fingerprint density at radius 2 is 1.87 bits per heavy atom. The highest BCUT2D eigenvalue weighted by molar-refractivity contribution is 6.04. The molecule has 0 fully saturated rings. The van der Waals surface area contributed by atoms with Crippen molar-refractivity contribution in [2.45, 2.75) is 32.6 Å². The number of hydrogen-bond acceptors (Lipinski definition) is 6. The first-order chi connectivity index (χ1) is 14.8. The third-order valence-corrected chi connectivity index (χ3v) is 4.64. The number of nitrogens with zero attached hydrogens (tertiary/aromatic N) is 4. The Bertz CT molecular complexity index is 1080. The molecule has 2 aromatic heterocycles.